The average Bonchev–Trinajstić information content (AvgIpc) is 2.82. The molecule has 1 aromatic heterocycles. The van der Waals surface area contributed by atoms with E-state index in [9.17, 15) is 4.79 Å². The van der Waals surface area contributed by atoms with E-state index < -0.39 is 6.04 Å². The molecule has 0 saturated carbocycles. The van der Waals surface area contributed by atoms with Gasteiger partial charge < -0.3 is 15.5 Å². The molecule has 4 N–H and O–H groups in total. The van der Waals surface area contributed by atoms with Gasteiger partial charge >= 0.3 is 0 Å². The molecule has 1 saturated heterocycles. The topological polar surface area (TPSA) is 83.5 Å². The molecule has 1 amide bonds. The average molecular weight is 224 g/mol. The van der Waals surface area contributed by atoms with Crippen molar-refractivity contribution in [3.63, 3.8) is 0 Å². The zero-order valence-corrected chi connectivity index (χ0v) is 9.14. The van der Waals surface area contributed by atoms with Crippen LogP contribution in [0.25, 0.3) is 0 Å². The van der Waals surface area contributed by atoms with Crippen LogP contribution in [0.1, 0.15) is 13.3 Å². The molecule has 6 heteroatoms. The molecule has 0 spiro atoms. The molecule has 0 aliphatic carbocycles. The molecule has 1 aliphatic rings. The van der Waals surface area contributed by atoms with Crippen molar-refractivity contribution in [1.29, 1.82) is 0 Å². The summed E-state index contributed by atoms with van der Waals surface area (Å²) in [4.78, 5) is 11.6. The summed E-state index contributed by atoms with van der Waals surface area (Å²) in [5.74, 6) is -0.0610. The van der Waals surface area contributed by atoms with Crippen LogP contribution in [0.4, 0.5) is 5.69 Å². The molecular formula is C10H16N4O2. The number of carbonyl (C=O) groups excluding carboxylic acids is 1. The zero-order chi connectivity index (χ0) is 11.5. The summed E-state index contributed by atoms with van der Waals surface area (Å²) in [6, 6.07) is 1.22. The molecule has 0 aromatic carbocycles. The van der Waals surface area contributed by atoms with Gasteiger partial charge in [0.25, 0.3) is 0 Å². The van der Waals surface area contributed by atoms with Crippen molar-refractivity contribution < 1.29 is 9.21 Å². The SMILES string of the molecule is CCC(N)C1NN(c2ccoc2)CNC1=O. The number of anilines is 1. The minimum atomic E-state index is -0.395. The van der Waals surface area contributed by atoms with E-state index in [0.717, 1.165) is 12.1 Å². The Hall–Kier alpha value is -1.53. The minimum Gasteiger partial charge on any atom is -0.470 e. The highest BCUT2D eigenvalue weighted by atomic mass is 16.3. The second-order valence-corrected chi connectivity index (χ2v) is 3.79. The molecule has 1 fully saturated rings. The molecule has 2 rings (SSSR count). The Kier molecular flexibility index (Phi) is 3.12. The van der Waals surface area contributed by atoms with Gasteiger partial charge in [-0.15, -0.1) is 0 Å². The van der Waals surface area contributed by atoms with Gasteiger partial charge in [0.05, 0.1) is 12.0 Å². The Labute approximate surface area is 93.7 Å². The second-order valence-electron chi connectivity index (χ2n) is 3.79. The second kappa shape index (κ2) is 4.54. The summed E-state index contributed by atoms with van der Waals surface area (Å²) in [5.41, 5.74) is 9.84. The number of furan rings is 1. The first kappa shape index (κ1) is 11.0. The fourth-order valence-corrected chi connectivity index (χ4v) is 1.64. The number of nitrogens with two attached hydrogens (primary N) is 1. The van der Waals surface area contributed by atoms with Gasteiger partial charge in [0.15, 0.2) is 0 Å². The number of hydrogen-bond acceptors (Lipinski definition) is 5. The molecule has 1 aromatic rings. The third-order valence-electron chi connectivity index (χ3n) is 2.71. The van der Waals surface area contributed by atoms with E-state index in [-0.39, 0.29) is 11.9 Å². The molecule has 0 radical (unpaired) electrons. The molecule has 88 valence electrons. The van der Waals surface area contributed by atoms with Gasteiger partial charge in [0, 0.05) is 12.1 Å². The van der Waals surface area contributed by atoms with Gasteiger partial charge in [0.2, 0.25) is 5.91 Å². The van der Waals surface area contributed by atoms with Crippen molar-refractivity contribution in [3.05, 3.63) is 18.6 Å². The van der Waals surface area contributed by atoms with E-state index in [0.29, 0.717) is 6.67 Å². The third-order valence-corrected chi connectivity index (χ3v) is 2.71. The summed E-state index contributed by atoms with van der Waals surface area (Å²) in [5, 5.41) is 4.60. The monoisotopic (exact) mass is 224 g/mol. The molecule has 2 heterocycles. The fraction of sp³-hybridized carbons (Fsp3) is 0.500. The largest absolute Gasteiger partial charge is 0.470 e. The summed E-state index contributed by atoms with van der Waals surface area (Å²) < 4.78 is 4.99. The predicted octanol–water partition coefficient (Wildman–Crippen LogP) is -0.216. The predicted molar refractivity (Wildman–Crippen MR) is 59.4 cm³/mol. The maximum absolute atomic E-state index is 11.6. The lowest BCUT2D eigenvalue weighted by molar-refractivity contribution is -0.125. The fourth-order valence-electron chi connectivity index (χ4n) is 1.64. The van der Waals surface area contributed by atoms with Crippen LogP contribution in [0.15, 0.2) is 23.0 Å². The van der Waals surface area contributed by atoms with Crippen molar-refractivity contribution in [2.24, 2.45) is 5.73 Å². The number of carbonyl (C=O) groups is 1. The van der Waals surface area contributed by atoms with Gasteiger partial charge in [0.1, 0.15) is 19.0 Å². The first-order valence-electron chi connectivity index (χ1n) is 5.31. The number of nitrogens with one attached hydrogen (secondary N) is 2. The quantitative estimate of drug-likeness (QED) is 0.661. The van der Waals surface area contributed by atoms with Crippen molar-refractivity contribution in [1.82, 2.24) is 10.7 Å². The number of nitrogens with zero attached hydrogens (tertiary/aromatic N) is 1. The first-order valence-corrected chi connectivity index (χ1v) is 5.31. The van der Waals surface area contributed by atoms with Crippen molar-refractivity contribution in [3.8, 4) is 0 Å². The van der Waals surface area contributed by atoms with Crippen molar-refractivity contribution in [2.75, 3.05) is 11.7 Å². The highest BCUT2D eigenvalue weighted by Gasteiger charge is 2.30. The highest BCUT2D eigenvalue weighted by Crippen LogP contribution is 2.14. The minimum absolute atomic E-state index is 0.0610. The number of rotatable bonds is 3. The van der Waals surface area contributed by atoms with Gasteiger partial charge in [-0.1, -0.05) is 6.92 Å². The normalized spacial score (nSPS) is 23.0. The zero-order valence-electron chi connectivity index (χ0n) is 9.14. The van der Waals surface area contributed by atoms with E-state index in [1.165, 1.54) is 0 Å². The molecule has 2 atom stereocenters. The van der Waals surface area contributed by atoms with Crippen LogP contribution in [0.3, 0.4) is 0 Å². The van der Waals surface area contributed by atoms with Crippen LogP contribution in [0, 0.1) is 0 Å². The first-order chi connectivity index (χ1) is 7.72. The van der Waals surface area contributed by atoms with Gasteiger partial charge in [-0.25, -0.2) is 5.43 Å². The lowest BCUT2D eigenvalue weighted by Crippen LogP contribution is -2.66. The smallest absolute Gasteiger partial charge is 0.241 e. The van der Waals surface area contributed by atoms with Gasteiger partial charge in [-0.3, -0.25) is 9.80 Å². The van der Waals surface area contributed by atoms with Crippen LogP contribution in [0.2, 0.25) is 0 Å². The standard InChI is InChI=1S/C10H16N4O2/c1-2-8(11)9-10(15)12-6-14(13-9)7-3-4-16-5-7/h3-5,8-9,13H,2,6,11H2,1H3,(H,12,15). The molecule has 6 nitrogen and oxygen atoms in total. The molecular weight excluding hydrogens is 208 g/mol. The van der Waals surface area contributed by atoms with Crippen LogP contribution in [-0.2, 0) is 4.79 Å². The summed E-state index contributed by atoms with van der Waals surface area (Å²) in [7, 11) is 0. The van der Waals surface area contributed by atoms with Crippen molar-refractivity contribution in [2.45, 2.75) is 25.4 Å². The van der Waals surface area contributed by atoms with Gasteiger partial charge in [-0.2, -0.15) is 0 Å². The lowest BCUT2D eigenvalue weighted by atomic mass is 10.1. The summed E-state index contributed by atoms with van der Waals surface area (Å²) >= 11 is 0. The Bertz CT molecular complexity index is 352. The summed E-state index contributed by atoms with van der Waals surface area (Å²) in [6.45, 7) is 2.36. The van der Waals surface area contributed by atoms with E-state index >= 15 is 0 Å². The molecule has 0 bridgehead atoms. The van der Waals surface area contributed by atoms with E-state index in [2.05, 4.69) is 10.7 Å². The van der Waals surface area contributed by atoms with Crippen LogP contribution < -0.4 is 21.5 Å². The molecule has 2 unspecified atom stereocenters. The Morgan fingerprint density at radius 2 is 2.56 bits per heavy atom. The van der Waals surface area contributed by atoms with E-state index in [1.807, 2.05) is 18.0 Å². The van der Waals surface area contributed by atoms with Crippen LogP contribution in [-0.4, -0.2) is 24.7 Å². The summed E-state index contributed by atoms with van der Waals surface area (Å²) in [6.07, 6.45) is 3.94. The highest BCUT2D eigenvalue weighted by molar-refractivity contribution is 5.84. The Morgan fingerprint density at radius 3 is 3.19 bits per heavy atom. The van der Waals surface area contributed by atoms with Crippen molar-refractivity contribution >= 4 is 11.6 Å². The number of amides is 1. The van der Waals surface area contributed by atoms with E-state index in [1.54, 1.807) is 12.5 Å². The van der Waals surface area contributed by atoms with E-state index in [4.69, 9.17) is 10.2 Å². The van der Waals surface area contributed by atoms with Crippen LogP contribution in [0.5, 0.6) is 0 Å². The number of hydrazine groups is 1. The van der Waals surface area contributed by atoms with Gasteiger partial charge in [-0.05, 0) is 6.42 Å². The Morgan fingerprint density at radius 1 is 1.75 bits per heavy atom. The Balaban J connectivity index is 2.07. The molecule has 1 aliphatic heterocycles. The van der Waals surface area contributed by atoms with Crippen LogP contribution >= 0.6 is 0 Å². The maximum atomic E-state index is 11.6. The lowest BCUT2D eigenvalue weighted by Gasteiger charge is -2.36. The third kappa shape index (κ3) is 2.02. The molecule has 16 heavy (non-hydrogen) atoms. The number of hydrogen-bond donors (Lipinski definition) is 3. The maximum Gasteiger partial charge on any atom is 0.241 e.